The first-order chi connectivity index (χ1) is 7.40. The molecule has 1 aromatic carbocycles. The third kappa shape index (κ3) is 2.72. The summed E-state index contributed by atoms with van der Waals surface area (Å²) in [5.74, 6) is 1.06. The number of fused-ring (bicyclic) bond motifs is 1. The second-order valence-electron chi connectivity index (χ2n) is 4.12. The van der Waals surface area contributed by atoms with Gasteiger partial charge in [-0.3, -0.25) is 0 Å². The Morgan fingerprint density at radius 3 is 3.13 bits per heavy atom. The normalized spacial score (nSPS) is 20.2. The van der Waals surface area contributed by atoms with Crippen LogP contribution in [-0.2, 0) is 6.54 Å². The standard InChI is InChI=1S/C13H19NO/c1-2-3-7-12-10-14-9-11-6-4-5-8-13(11)15-12/h4-6,8,12,14H,2-3,7,9-10H2,1H3/t12-/m1/s1. The largest absolute Gasteiger partial charge is 0.489 e. The van der Waals surface area contributed by atoms with Crippen molar-refractivity contribution >= 4 is 0 Å². The van der Waals surface area contributed by atoms with Crippen molar-refractivity contribution in [3.05, 3.63) is 29.8 Å². The van der Waals surface area contributed by atoms with E-state index in [2.05, 4.69) is 30.4 Å². The molecule has 1 N–H and O–H groups in total. The number of rotatable bonds is 3. The quantitative estimate of drug-likeness (QED) is 0.819. The third-order valence-corrected chi connectivity index (χ3v) is 2.83. The maximum atomic E-state index is 6.00. The van der Waals surface area contributed by atoms with E-state index < -0.39 is 0 Å². The van der Waals surface area contributed by atoms with Crippen LogP contribution in [0.2, 0.25) is 0 Å². The molecule has 1 heterocycles. The molecule has 0 aromatic heterocycles. The lowest BCUT2D eigenvalue weighted by Crippen LogP contribution is -2.28. The Labute approximate surface area is 91.6 Å². The van der Waals surface area contributed by atoms with Gasteiger partial charge >= 0.3 is 0 Å². The molecule has 0 unspecified atom stereocenters. The molecule has 1 aliphatic heterocycles. The smallest absolute Gasteiger partial charge is 0.124 e. The maximum Gasteiger partial charge on any atom is 0.124 e. The van der Waals surface area contributed by atoms with Gasteiger partial charge in [0.1, 0.15) is 11.9 Å². The Kier molecular flexibility index (Phi) is 3.62. The number of para-hydroxylation sites is 1. The summed E-state index contributed by atoms with van der Waals surface area (Å²) < 4.78 is 6.00. The highest BCUT2D eigenvalue weighted by Crippen LogP contribution is 2.22. The van der Waals surface area contributed by atoms with Crippen LogP contribution in [0.3, 0.4) is 0 Å². The van der Waals surface area contributed by atoms with Crippen LogP contribution in [0, 0.1) is 0 Å². The highest BCUT2D eigenvalue weighted by atomic mass is 16.5. The van der Waals surface area contributed by atoms with Crippen molar-refractivity contribution in [1.82, 2.24) is 5.32 Å². The average molecular weight is 205 g/mol. The number of hydrogen-bond donors (Lipinski definition) is 1. The van der Waals surface area contributed by atoms with Gasteiger partial charge in [0.2, 0.25) is 0 Å². The minimum Gasteiger partial charge on any atom is -0.489 e. The molecule has 1 atom stereocenters. The van der Waals surface area contributed by atoms with Crippen molar-refractivity contribution in [2.24, 2.45) is 0 Å². The summed E-state index contributed by atoms with van der Waals surface area (Å²) >= 11 is 0. The summed E-state index contributed by atoms with van der Waals surface area (Å²) in [6.45, 7) is 4.12. The topological polar surface area (TPSA) is 21.3 Å². The fourth-order valence-corrected chi connectivity index (χ4v) is 1.95. The predicted octanol–water partition coefficient (Wildman–Crippen LogP) is 2.73. The zero-order valence-corrected chi connectivity index (χ0v) is 9.33. The van der Waals surface area contributed by atoms with Crippen molar-refractivity contribution in [3.63, 3.8) is 0 Å². The van der Waals surface area contributed by atoms with Crippen LogP contribution in [0.5, 0.6) is 5.75 Å². The molecule has 2 nitrogen and oxygen atoms in total. The maximum absolute atomic E-state index is 6.00. The molecule has 15 heavy (non-hydrogen) atoms. The Morgan fingerprint density at radius 1 is 1.40 bits per heavy atom. The monoisotopic (exact) mass is 205 g/mol. The predicted molar refractivity (Wildman–Crippen MR) is 62.1 cm³/mol. The first-order valence-corrected chi connectivity index (χ1v) is 5.85. The van der Waals surface area contributed by atoms with Crippen molar-refractivity contribution in [2.75, 3.05) is 6.54 Å². The van der Waals surface area contributed by atoms with Gasteiger partial charge in [0, 0.05) is 18.7 Å². The van der Waals surface area contributed by atoms with E-state index in [-0.39, 0.29) is 0 Å². The fraction of sp³-hybridized carbons (Fsp3) is 0.538. The van der Waals surface area contributed by atoms with E-state index in [9.17, 15) is 0 Å². The van der Waals surface area contributed by atoms with Crippen molar-refractivity contribution in [3.8, 4) is 5.75 Å². The summed E-state index contributed by atoms with van der Waals surface area (Å²) in [4.78, 5) is 0. The zero-order chi connectivity index (χ0) is 10.5. The van der Waals surface area contributed by atoms with E-state index in [4.69, 9.17) is 4.74 Å². The second-order valence-corrected chi connectivity index (χ2v) is 4.12. The van der Waals surface area contributed by atoms with E-state index in [0.29, 0.717) is 6.10 Å². The van der Waals surface area contributed by atoms with Crippen molar-refractivity contribution in [1.29, 1.82) is 0 Å². The van der Waals surface area contributed by atoms with Crippen LogP contribution in [0.25, 0.3) is 0 Å². The molecule has 0 spiro atoms. The van der Waals surface area contributed by atoms with Gasteiger partial charge in [0.05, 0.1) is 0 Å². The van der Waals surface area contributed by atoms with E-state index in [1.165, 1.54) is 18.4 Å². The molecule has 0 aliphatic carbocycles. The summed E-state index contributed by atoms with van der Waals surface area (Å²) in [7, 11) is 0. The molecule has 2 rings (SSSR count). The molecule has 82 valence electrons. The highest BCUT2D eigenvalue weighted by molar-refractivity contribution is 5.34. The number of benzene rings is 1. The van der Waals surface area contributed by atoms with Crippen LogP contribution in [0.1, 0.15) is 31.7 Å². The number of hydrogen-bond acceptors (Lipinski definition) is 2. The van der Waals surface area contributed by atoms with Crippen molar-refractivity contribution in [2.45, 2.75) is 38.8 Å². The Bertz CT molecular complexity index is 309. The average Bonchev–Trinajstić information content (AvgIpc) is 2.47. The van der Waals surface area contributed by atoms with Gasteiger partial charge in [-0.2, -0.15) is 0 Å². The van der Waals surface area contributed by atoms with E-state index >= 15 is 0 Å². The van der Waals surface area contributed by atoms with Gasteiger partial charge in [0.25, 0.3) is 0 Å². The molecule has 2 heteroatoms. The summed E-state index contributed by atoms with van der Waals surface area (Å²) in [5, 5.41) is 3.44. The summed E-state index contributed by atoms with van der Waals surface area (Å²) in [5.41, 5.74) is 1.27. The molecule has 0 amide bonds. The number of ether oxygens (including phenoxy) is 1. The SMILES string of the molecule is CCCC[C@@H]1CNCc2ccccc2O1. The molecular formula is C13H19NO. The lowest BCUT2D eigenvalue weighted by atomic mass is 10.1. The van der Waals surface area contributed by atoms with Gasteiger partial charge in [-0.15, -0.1) is 0 Å². The second kappa shape index (κ2) is 5.17. The minimum absolute atomic E-state index is 0.341. The summed E-state index contributed by atoms with van der Waals surface area (Å²) in [6.07, 6.45) is 3.97. The lowest BCUT2D eigenvalue weighted by Gasteiger charge is -2.16. The van der Waals surface area contributed by atoms with E-state index in [1.54, 1.807) is 0 Å². The molecule has 0 fully saturated rings. The first kappa shape index (κ1) is 10.5. The van der Waals surface area contributed by atoms with Crippen LogP contribution in [0.4, 0.5) is 0 Å². The van der Waals surface area contributed by atoms with Crippen LogP contribution < -0.4 is 10.1 Å². The molecule has 0 saturated heterocycles. The molecule has 0 radical (unpaired) electrons. The molecule has 0 bridgehead atoms. The highest BCUT2D eigenvalue weighted by Gasteiger charge is 2.15. The third-order valence-electron chi connectivity index (χ3n) is 2.83. The molecule has 0 saturated carbocycles. The fourth-order valence-electron chi connectivity index (χ4n) is 1.95. The molecule has 1 aromatic rings. The minimum atomic E-state index is 0.341. The Balaban J connectivity index is 2.04. The molecule has 1 aliphatic rings. The first-order valence-electron chi connectivity index (χ1n) is 5.85. The van der Waals surface area contributed by atoms with Gasteiger partial charge < -0.3 is 10.1 Å². The van der Waals surface area contributed by atoms with Crippen molar-refractivity contribution < 1.29 is 4.74 Å². The van der Waals surface area contributed by atoms with Gasteiger partial charge in [-0.25, -0.2) is 0 Å². The van der Waals surface area contributed by atoms with Gasteiger partial charge in [-0.1, -0.05) is 31.5 Å². The zero-order valence-electron chi connectivity index (χ0n) is 9.33. The van der Waals surface area contributed by atoms with E-state index in [1.807, 2.05) is 6.07 Å². The summed E-state index contributed by atoms with van der Waals surface area (Å²) in [6, 6.07) is 8.31. The van der Waals surface area contributed by atoms with E-state index in [0.717, 1.165) is 25.3 Å². The van der Waals surface area contributed by atoms with Gasteiger partial charge in [-0.05, 0) is 18.9 Å². The molecular weight excluding hydrogens is 186 g/mol. The Morgan fingerprint density at radius 2 is 2.27 bits per heavy atom. The van der Waals surface area contributed by atoms with Crippen LogP contribution in [0.15, 0.2) is 24.3 Å². The van der Waals surface area contributed by atoms with Crippen LogP contribution >= 0.6 is 0 Å². The Hall–Kier alpha value is -1.02. The lowest BCUT2D eigenvalue weighted by molar-refractivity contribution is 0.192. The van der Waals surface area contributed by atoms with Crippen LogP contribution in [-0.4, -0.2) is 12.6 Å². The number of nitrogens with one attached hydrogen (secondary N) is 1. The number of unbranched alkanes of at least 4 members (excludes halogenated alkanes) is 1. The van der Waals surface area contributed by atoms with Gasteiger partial charge in [0.15, 0.2) is 0 Å².